The monoisotopic (exact) mass is 206 g/mol. The number of aliphatic hydroxyl groups is 1. The van der Waals surface area contributed by atoms with Crippen LogP contribution in [0.3, 0.4) is 0 Å². The molecule has 0 aliphatic carbocycles. The van der Waals surface area contributed by atoms with Crippen molar-refractivity contribution in [3.63, 3.8) is 0 Å². The minimum atomic E-state index is -0.0456. The van der Waals surface area contributed by atoms with Crippen molar-refractivity contribution < 1.29 is 5.11 Å². The van der Waals surface area contributed by atoms with E-state index in [2.05, 4.69) is 0 Å². The molecular formula is C9H12Cl2O. The first kappa shape index (κ1) is 11.8. The highest BCUT2D eigenvalue weighted by Gasteiger charge is 1.97. The van der Waals surface area contributed by atoms with Gasteiger partial charge >= 0.3 is 0 Å². The predicted molar refractivity (Wildman–Crippen MR) is 53.7 cm³/mol. The van der Waals surface area contributed by atoms with Crippen LogP contribution in [0.15, 0.2) is 18.2 Å². The number of aliphatic hydroxyl groups excluding tert-OH is 1. The van der Waals surface area contributed by atoms with Gasteiger partial charge in [0.25, 0.3) is 0 Å². The standard InChI is InChI=1S/C7H6Cl2O.C2H6/c8-6-2-1-5(4-10)7(9)3-6;1-2/h1-3,10H,4H2;1-2H3. The second-order valence-corrected chi connectivity index (χ2v) is 2.74. The second kappa shape index (κ2) is 6.30. The van der Waals surface area contributed by atoms with Crippen LogP contribution in [0.1, 0.15) is 19.4 Å². The van der Waals surface area contributed by atoms with E-state index in [4.69, 9.17) is 28.3 Å². The number of halogens is 2. The number of hydrogen-bond acceptors (Lipinski definition) is 1. The van der Waals surface area contributed by atoms with Gasteiger partial charge in [0.05, 0.1) is 6.61 Å². The lowest BCUT2D eigenvalue weighted by Crippen LogP contribution is -1.82. The van der Waals surface area contributed by atoms with Gasteiger partial charge in [0, 0.05) is 10.0 Å². The molecule has 1 aromatic carbocycles. The van der Waals surface area contributed by atoms with Crippen molar-refractivity contribution in [2.24, 2.45) is 0 Å². The molecule has 0 unspecified atom stereocenters. The van der Waals surface area contributed by atoms with E-state index in [9.17, 15) is 0 Å². The lowest BCUT2D eigenvalue weighted by molar-refractivity contribution is 0.282. The van der Waals surface area contributed by atoms with Gasteiger partial charge in [0.15, 0.2) is 0 Å². The Labute approximate surface area is 82.9 Å². The third-order valence-electron chi connectivity index (χ3n) is 1.19. The fourth-order valence-corrected chi connectivity index (χ4v) is 1.12. The molecule has 0 fully saturated rings. The van der Waals surface area contributed by atoms with Crippen LogP contribution in [0, 0.1) is 0 Å². The van der Waals surface area contributed by atoms with Gasteiger partial charge in [-0.25, -0.2) is 0 Å². The third kappa shape index (κ3) is 3.44. The van der Waals surface area contributed by atoms with Crippen LogP contribution >= 0.6 is 23.2 Å². The topological polar surface area (TPSA) is 20.2 Å². The fourth-order valence-electron chi connectivity index (χ4n) is 0.650. The first-order valence-corrected chi connectivity index (χ1v) is 4.54. The van der Waals surface area contributed by atoms with Crippen molar-refractivity contribution in [1.29, 1.82) is 0 Å². The molecule has 0 amide bonds. The number of rotatable bonds is 1. The molecule has 1 aromatic rings. The summed E-state index contributed by atoms with van der Waals surface area (Å²) in [5, 5.41) is 9.78. The molecular weight excluding hydrogens is 195 g/mol. The van der Waals surface area contributed by atoms with Gasteiger partial charge in [-0.15, -0.1) is 0 Å². The van der Waals surface area contributed by atoms with E-state index in [0.717, 1.165) is 0 Å². The summed E-state index contributed by atoms with van der Waals surface area (Å²) < 4.78 is 0. The van der Waals surface area contributed by atoms with Crippen molar-refractivity contribution in [1.82, 2.24) is 0 Å². The Balaban J connectivity index is 0.000000561. The number of benzene rings is 1. The van der Waals surface area contributed by atoms with Crippen molar-refractivity contribution in [3.8, 4) is 0 Å². The highest BCUT2D eigenvalue weighted by atomic mass is 35.5. The van der Waals surface area contributed by atoms with Crippen LogP contribution in [-0.2, 0) is 6.61 Å². The van der Waals surface area contributed by atoms with Gasteiger partial charge in [0.2, 0.25) is 0 Å². The van der Waals surface area contributed by atoms with Crippen molar-refractivity contribution in [2.75, 3.05) is 0 Å². The molecule has 1 nitrogen and oxygen atoms in total. The molecule has 0 saturated carbocycles. The van der Waals surface area contributed by atoms with E-state index in [1.807, 2.05) is 13.8 Å². The molecule has 0 saturated heterocycles. The van der Waals surface area contributed by atoms with Crippen LogP contribution in [0.5, 0.6) is 0 Å². The van der Waals surface area contributed by atoms with E-state index < -0.39 is 0 Å². The Hall–Kier alpha value is -0.240. The van der Waals surface area contributed by atoms with Gasteiger partial charge in [-0.1, -0.05) is 43.1 Å². The zero-order valence-electron chi connectivity index (χ0n) is 7.14. The Bertz CT molecular complexity index is 236. The SMILES string of the molecule is CC.OCc1ccc(Cl)cc1Cl. The summed E-state index contributed by atoms with van der Waals surface area (Å²) in [5.41, 5.74) is 0.700. The molecule has 0 aliphatic heterocycles. The lowest BCUT2D eigenvalue weighted by atomic mass is 10.2. The van der Waals surface area contributed by atoms with Gasteiger partial charge in [0.1, 0.15) is 0 Å². The van der Waals surface area contributed by atoms with Gasteiger partial charge in [-0.3, -0.25) is 0 Å². The van der Waals surface area contributed by atoms with Gasteiger partial charge < -0.3 is 5.11 Å². The van der Waals surface area contributed by atoms with Crippen molar-refractivity contribution in [3.05, 3.63) is 33.8 Å². The predicted octanol–water partition coefficient (Wildman–Crippen LogP) is 3.51. The molecule has 3 heteroatoms. The van der Waals surface area contributed by atoms with E-state index in [1.165, 1.54) is 0 Å². The van der Waals surface area contributed by atoms with E-state index in [-0.39, 0.29) is 6.61 Å². The summed E-state index contributed by atoms with van der Waals surface area (Å²) in [6.07, 6.45) is 0. The Morgan fingerprint density at radius 2 is 1.83 bits per heavy atom. The quantitative estimate of drug-likeness (QED) is 0.746. The molecule has 0 atom stereocenters. The van der Waals surface area contributed by atoms with E-state index in [1.54, 1.807) is 18.2 Å². The second-order valence-electron chi connectivity index (χ2n) is 1.89. The largest absolute Gasteiger partial charge is 0.392 e. The van der Waals surface area contributed by atoms with Crippen LogP contribution in [0.4, 0.5) is 0 Å². The maximum absolute atomic E-state index is 8.68. The third-order valence-corrected chi connectivity index (χ3v) is 1.77. The normalized spacial score (nSPS) is 8.75. The Morgan fingerprint density at radius 1 is 1.25 bits per heavy atom. The summed E-state index contributed by atoms with van der Waals surface area (Å²) in [5.74, 6) is 0. The van der Waals surface area contributed by atoms with E-state index >= 15 is 0 Å². The van der Waals surface area contributed by atoms with Gasteiger partial charge in [-0.05, 0) is 17.7 Å². The molecule has 0 aromatic heterocycles. The molecule has 0 aliphatic rings. The van der Waals surface area contributed by atoms with Crippen LogP contribution in [0.25, 0.3) is 0 Å². The van der Waals surface area contributed by atoms with Gasteiger partial charge in [-0.2, -0.15) is 0 Å². The maximum Gasteiger partial charge on any atom is 0.0696 e. The fraction of sp³-hybridized carbons (Fsp3) is 0.333. The smallest absolute Gasteiger partial charge is 0.0696 e. The van der Waals surface area contributed by atoms with Crippen molar-refractivity contribution in [2.45, 2.75) is 20.5 Å². The zero-order valence-corrected chi connectivity index (χ0v) is 8.65. The van der Waals surface area contributed by atoms with Crippen LogP contribution < -0.4 is 0 Å². The molecule has 1 N–H and O–H groups in total. The lowest BCUT2D eigenvalue weighted by Gasteiger charge is -1.98. The minimum absolute atomic E-state index is 0.0456. The highest BCUT2D eigenvalue weighted by molar-refractivity contribution is 6.35. The molecule has 12 heavy (non-hydrogen) atoms. The maximum atomic E-state index is 8.68. The number of hydrogen-bond donors (Lipinski definition) is 1. The summed E-state index contributed by atoms with van der Waals surface area (Å²) >= 11 is 11.3. The highest BCUT2D eigenvalue weighted by Crippen LogP contribution is 2.20. The Morgan fingerprint density at radius 3 is 2.25 bits per heavy atom. The summed E-state index contributed by atoms with van der Waals surface area (Å²) in [6, 6.07) is 5.00. The summed E-state index contributed by atoms with van der Waals surface area (Å²) in [4.78, 5) is 0. The Kier molecular flexibility index (Phi) is 6.17. The first-order chi connectivity index (χ1) is 5.74. The molecule has 68 valence electrons. The molecule has 0 spiro atoms. The zero-order chi connectivity index (χ0) is 9.56. The average Bonchev–Trinajstić information content (AvgIpc) is 2.08. The molecule has 0 heterocycles. The van der Waals surface area contributed by atoms with E-state index in [0.29, 0.717) is 15.6 Å². The summed E-state index contributed by atoms with van der Waals surface area (Å²) in [6.45, 7) is 3.95. The average molecular weight is 207 g/mol. The molecule has 1 rings (SSSR count). The van der Waals surface area contributed by atoms with Crippen LogP contribution in [-0.4, -0.2) is 5.11 Å². The summed E-state index contributed by atoms with van der Waals surface area (Å²) in [7, 11) is 0. The van der Waals surface area contributed by atoms with Crippen molar-refractivity contribution >= 4 is 23.2 Å². The first-order valence-electron chi connectivity index (χ1n) is 3.79. The molecule has 0 radical (unpaired) electrons. The van der Waals surface area contributed by atoms with Crippen LogP contribution in [0.2, 0.25) is 10.0 Å². The molecule has 0 bridgehead atoms. The minimum Gasteiger partial charge on any atom is -0.392 e.